The zero-order chi connectivity index (χ0) is 15.2. The summed E-state index contributed by atoms with van der Waals surface area (Å²) in [7, 11) is 2.26. The maximum Gasteiger partial charge on any atom is 0.162 e. The van der Waals surface area contributed by atoms with Gasteiger partial charge in [-0.15, -0.1) is 0 Å². The summed E-state index contributed by atoms with van der Waals surface area (Å²) < 4.78 is 25.3. The lowest BCUT2D eigenvalue weighted by atomic mass is 9.56. The van der Waals surface area contributed by atoms with Crippen LogP contribution in [0.3, 0.4) is 0 Å². The second kappa shape index (κ2) is 5.83. The van der Waals surface area contributed by atoms with E-state index in [1.807, 2.05) is 0 Å². The Hall–Kier alpha value is 0.0300. The molecule has 1 atom stereocenters. The van der Waals surface area contributed by atoms with Crippen LogP contribution in [0.2, 0.25) is 0 Å². The van der Waals surface area contributed by atoms with E-state index in [1.165, 1.54) is 19.3 Å². The maximum absolute atomic E-state index is 12.9. The van der Waals surface area contributed by atoms with Gasteiger partial charge in [-0.1, -0.05) is 0 Å². The van der Waals surface area contributed by atoms with Crippen molar-refractivity contribution in [1.82, 2.24) is 0 Å². The van der Waals surface area contributed by atoms with Gasteiger partial charge < -0.3 is 9.22 Å². The van der Waals surface area contributed by atoms with Crippen molar-refractivity contribution in [3.8, 4) is 0 Å². The molecule has 1 saturated heterocycles. The molecule has 0 aromatic rings. The zero-order valence-electron chi connectivity index (χ0n) is 13.8. The molecule has 0 spiro atoms. The Bertz CT molecular complexity index is 412. The first-order valence-corrected chi connectivity index (χ1v) is 10.1. The molecular formula is C17H30NO3S+. The summed E-state index contributed by atoms with van der Waals surface area (Å²) in [4.78, 5) is 0. The monoisotopic (exact) mass is 328 g/mol. The molecule has 5 rings (SSSR count). The van der Waals surface area contributed by atoms with Gasteiger partial charge in [0.05, 0.1) is 25.0 Å². The number of hydrogen-bond acceptors (Lipinski definition) is 3. The fraction of sp³-hybridized carbons (Fsp3) is 1.00. The van der Waals surface area contributed by atoms with Crippen LogP contribution in [0, 0.1) is 17.8 Å². The molecule has 1 aliphatic heterocycles. The molecule has 1 heterocycles. The van der Waals surface area contributed by atoms with Gasteiger partial charge in [-0.3, -0.25) is 4.18 Å². The van der Waals surface area contributed by atoms with Crippen molar-refractivity contribution in [2.24, 2.45) is 17.8 Å². The topological polar surface area (TPSA) is 35.5 Å². The quantitative estimate of drug-likeness (QED) is 0.725. The summed E-state index contributed by atoms with van der Waals surface area (Å²) in [5, 5.41) is 0. The van der Waals surface area contributed by atoms with Crippen molar-refractivity contribution in [1.29, 1.82) is 0 Å². The Morgan fingerprint density at radius 1 is 1.09 bits per heavy atom. The van der Waals surface area contributed by atoms with Crippen LogP contribution in [-0.4, -0.2) is 59.9 Å². The van der Waals surface area contributed by atoms with E-state index in [0.717, 1.165) is 74.3 Å². The third-order valence-corrected chi connectivity index (χ3v) is 8.30. The minimum absolute atomic E-state index is 0.0122. The van der Waals surface area contributed by atoms with Gasteiger partial charge in [0.1, 0.15) is 26.2 Å². The van der Waals surface area contributed by atoms with Crippen molar-refractivity contribution in [3.05, 3.63) is 0 Å². The van der Waals surface area contributed by atoms with E-state index in [0.29, 0.717) is 6.61 Å². The van der Waals surface area contributed by atoms with Crippen LogP contribution in [0.5, 0.6) is 0 Å². The average molecular weight is 328 g/mol. The van der Waals surface area contributed by atoms with Crippen molar-refractivity contribution >= 4 is 11.1 Å². The maximum atomic E-state index is 12.9. The van der Waals surface area contributed by atoms with Gasteiger partial charge in [-0.25, -0.2) is 4.21 Å². The third kappa shape index (κ3) is 2.90. The largest absolute Gasteiger partial charge is 0.370 e. The van der Waals surface area contributed by atoms with Gasteiger partial charge in [0.25, 0.3) is 0 Å². The average Bonchev–Trinajstić information content (AvgIpc) is 2.46. The molecule has 0 aromatic heterocycles. The fourth-order valence-corrected chi connectivity index (χ4v) is 7.29. The van der Waals surface area contributed by atoms with Gasteiger partial charge in [-0.2, -0.15) is 0 Å². The zero-order valence-corrected chi connectivity index (χ0v) is 14.6. The Balaban J connectivity index is 1.32. The predicted molar refractivity (Wildman–Crippen MR) is 86.6 cm³/mol. The Morgan fingerprint density at radius 2 is 1.64 bits per heavy atom. The molecule has 5 aliphatic rings. The Morgan fingerprint density at radius 3 is 2.18 bits per heavy atom. The smallest absolute Gasteiger partial charge is 0.162 e. The first kappa shape index (κ1) is 15.6. The number of nitrogens with zero attached hydrogens (tertiary/aromatic N) is 1. The molecule has 0 unspecified atom stereocenters. The Labute approximate surface area is 136 Å². The highest BCUT2D eigenvalue weighted by atomic mass is 32.2. The van der Waals surface area contributed by atoms with Crippen molar-refractivity contribution in [3.63, 3.8) is 0 Å². The molecule has 4 saturated carbocycles. The summed E-state index contributed by atoms with van der Waals surface area (Å²) in [6.07, 6.45) is 7.66. The third-order valence-electron chi connectivity index (χ3n) is 6.71. The lowest BCUT2D eigenvalue weighted by Gasteiger charge is -2.55. The van der Waals surface area contributed by atoms with Crippen LogP contribution >= 0.6 is 0 Å². The number of hydrogen-bond donors (Lipinski definition) is 0. The van der Waals surface area contributed by atoms with E-state index in [9.17, 15) is 4.21 Å². The van der Waals surface area contributed by atoms with Crippen molar-refractivity contribution in [2.45, 2.75) is 43.3 Å². The molecule has 4 aliphatic carbocycles. The molecule has 0 radical (unpaired) electrons. The van der Waals surface area contributed by atoms with Crippen LogP contribution in [0.1, 0.15) is 38.5 Å². The number of morpholine rings is 1. The SMILES string of the molecule is C[N+]1(CCO[S@@](=O)C23CC4CC(CC(C4)C2)C3)CCOCC1. The summed E-state index contributed by atoms with van der Waals surface area (Å²) >= 11 is -1.09. The summed E-state index contributed by atoms with van der Waals surface area (Å²) in [6, 6.07) is 0. The minimum Gasteiger partial charge on any atom is -0.370 e. The van der Waals surface area contributed by atoms with Gasteiger partial charge >= 0.3 is 0 Å². The standard InChI is InChI=1S/C17H30NO3S/c1-18(2-5-20-6-3-18)4-7-21-22(19)17-11-14-8-15(12-17)10-16(9-14)13-17/h14-16H,2-13H2,1H3/q+1/t14?,15?,16?,17?,22-/m1/s1. The van der Waals surface area contributed by atoms with Gasteiger partial charge in [0.15, 0.2) is 11.1 Å². The van der Waals surface area contributed by atoms with Crippen molar-refractivity contribution < 1.29 is 17.6 Å². The second-order valence-electron chi connectivity index (χ2n) is 8.56. The summed E-state index contributed by atoms with van der Waals surface area (Å²) in [5.41, 5.74) is 0. The van der Waals surface area contributed by atoms with Crippen LogP contribution < -0.4 is 0 Å². The van der Waals surface area contributed by atoms with Crippen LogP contribution in [-0.2, 0) is 20.0 Å². The number of rotatable bonds is 5. The fourth-order valence-electron chi connectivity index (χ4n) is 5.70. The van der Waals surface area contributed by atoms with E-state index in [-0.39, 0.29) is 4.75 Å². The normalized spacial score (nSPS) is 44.1. The molecule has 4 bridgehead atoms. The van der Waals surface area contributed by atoms with Crippen molar-refractivity contribution in [2.75, 3.05) is 46.5 Å². The highest BCUT2D eigenvalue weighted by Crippen LogP contribution is 2.58. The van der Waals surface area contributed by atoms with Crippen LogP contribution in [0.25, 0.3) is 0 Å². The number of likely N-dealkylation sites (N-methyl/N-ethyl adjacent to an activating group) is 1. The van der Waals surface area contributed by atoms with E-state index in [4.69, 9.17) is 8.92 Å². The van der Waals surface area contributed by atoms with Gasteiger partial charge in [0, 0.05) is 0 Å². The highest BCUT2D eigenvalue weighted by molar-refractivity contribution is 7.81. The van der Waals surface area contributed by atoms with Crippen LogP contribution in [0.4, 0.5) is 0 Å². The predicted octanol–water partition coefficient (Wildman–Crippen LogP) is 2.11. The first-order chi connectivity index (χ1) is 10.6. The molecule has 4 nitrogen and oxygen atoms in total. The number of ether oxygens (including phenoxy) is 1. The van der Waals surface area contributed by atoms with E-state index in [1.54, 1.807) is 0 Å². The first-order valence-electron chi connectivity index (χ1n) is 9.03. The summed E-state index contributed by atoms with van der Waals surface area (Å²) in [6.45, 7) is 5.37. The molecule has 5 heteroatoms. The highest BCUT2D eigenvalue weighted by Gasteiger charge is 2.54. The Kier molecular flexibility index (Phi) is 4.12. The molecular weight excluding hydrogens is 298 g/mol. The van der Waals surface area contributed by atoms with E-state index < -0.39 is 11.1 Å². The second-order valence-corrected chi connectivity index (χ2v) is 10.1. The molecule has 22 heavy (non-hydrogen) atoms. The lowest BCUT2D eigenvalue weighted by molar-refractivity contribution is -0.916. The molecule has 0 amide bonds. The van der Waals surface area contributed by atoms with E-state index >= 15 is 0 Å². The number of quaternary nitrogens is 1. The molecule has 0 N–H and O–H groups in total. The van der Waals surface area contributed by atoms with Gasteiger partial charge in [0.2, 0.25) is 0 Å². The molecule has 5 fully saturated rings. The molecule has 0 aromatic carbocycles. The van der Waals surface area contributed by atoms with Gasteiger partial charge in [-0.05, 0) is 56.3 Å². The molecule has 126 valence electrons. The van der Waals surface area contributed by atoms with Crippen LogP contribution in [0.15, 0.2) is 0 Å². The lowest BCUT2D eigenvalue weighted by Crippen LogP contribution is -2.55. The minimum atomic E-state index is -1.09. The van der Waals surface area contributed by atoms with E-state index in [2.05, 4.69) is 7.05 Å². The summed E-state index contributed by atoms with van der Waals surface area (Å²) in [5.74, 6) is 2.51.